The van der Waals surface area contributed by atoms with Crippen molar-refractivity contribution in [2.45, 2.75) is 213 Å². The van der Waals surface area contributed by atoms with Crippen LogP contribution in [0.3, 0.4) is 0 Å². The van der Waals surface area contributed by atoms with Crippen molar-refractivity contribution in [3.8, 4) is 0 Å². The van der Waals surface area contributed by atoms with Gasteiger partial charge in [0, 0.05) is 102 Å². The lowest BCUT2D eigenvalue weighted by molar-refractivity contribution is 0.0941. The zero-order valence-electron chi connectivity index (χ0n) is 70.3. The van der Waals surface area contributed by atoms with Gasteiger partial charge in [0.05, 0.1) is 11.1 Å². The van der Waals surface area contributed by atoms with Crippen LogP contribution in [0.1, 0.15) is 200 Å². The summed E-state index contributed by atoms with van der Waals surface area (Å²) in [6, 6.07) is 100. The molecule has 5 unspecified atom stereocenters. The van der Waals surface area contributed by atoms with Crippen LogP contribution in [-0.2, 0) is 32.5 Å². The molecule has 0 radical (unpaired) electrons. The number of fused-ring (bicyclic) bond motifs is 14. The monoisotopic (exact) mass is 1490 g/mol. The summed E-state index contributed by atoms with van der Waals surface area (Å²) in [4.78, 5) is 16.0. The van der Waals surface area contributed by atoms with E-state index in [1.165, 1.54) is 184 Å². The summed E-state index contributed by atoms with van der Waals surface area (Å²) in [6.07, 6.45) is 9.43. The number of aryl methyl sites for hydroxylation is 2. The van der Waals surface area contributed by atoms with Gasteiger partial charge in [0.1, 0.15) is 0 Å². The number of hydrogen-bond donors (Lipinski definition) is 0. The zero-order valence-corrected chi connectivity index (χ0v) is 70.3. The van der Waals surface area contributed by atoms with Crippen LogP contribution in [0, 0.1) is 19.8 Å². The summed E-state index contributed by atoms with van der Waals surface area (Å²) in [6.45, 7) is 41.2. The lowest BCUT2D eigenvalue weighted by atomic mass is 9.33. The van der Waals surface area contributed by atoms with E-state index in [2.05, 4.69) is 402 Å². The van der Waals surface area contributed by atoms with Crippen LogP contribution in [0.25, 0.3) is 0 Å². The van der Waals surface area contributed by atoms with Crippen LogP contribution in [0.15, 0.2) is 255 Å². The van der Waals surface area contributed by atoms with Crippen LogP contribution in [0.5, 0.6) is 0 Å². The van der Waals surface area contributed by atoms with Crippen molar-refractivity contribution in [2.24, 2.45) is 5.92 Å². The number of hydrogen-bond acceptors (Lipinski definition) is 6. The molecule has 12 aromatic rings. The summed E-state index contributed by atoms with van der Waals surface area (Å²) >= 11 is 0. The third-order valence-corrected chi connectivity index (χ3v) is 29.9. The molecule has 0 spiro atoms. The summed E-state index contributed by atoms with van der Waals surface area (Å²) < 4.78 is 0. The lowest BCUT2D eigenvalue weighted by Crippen LogP contribution is -2.65. The van der Waals surface area contributed by atoms with E-state index in [0.29, 0.717) is 5.92 Å². The molecule has 5 atom stereocenters. The second kappa shape index (κ2) is 25.3. The van der Waals surface area contributed by atoms with Gasteiger partial charge in [-0.15, -0.1) is 0 Å². The van der Waals surface area contributed by atoms with Gasteiger partial charge in [0.2, 0.25) is 0 Å². The van der Waals surface area contributed by atoms with Gasteiger partial charge in [0.25, 0.3) is 13.4 Å². The van der Waals surface area contributed by atoms with E-state index >= 15 is 0 Å². The molecule has 8 heteroatoms. The predicted molar refractivity (Wildman–Crippen MR) is 489 cm³/mol. The third-order valence-electron chi connectivity index (χ3n) is 29.9. The van der Waals surface area contributed by atoms with Crippen molar-refractivity contribution < 1.29 is 0 Å². The highest BCUT2D eigenvalue weighted by atomic mass is 15.3. The largest absolute Gasteiger partial charge is 0.335 e. The molecule has 0 saturated heterocycles. The quantitative estimate of drug-likeness (QED) is 0.119. The van der Waals surface area contributed by atoms with Gasteiger partial charge in [-0.3, -0.25) is 0 Å². The molecule has 0 bridgehead atoms. The predicted octanol–water partition coefficient (Wildman–Crippen LogP) is 24.4. The van der Waals surface area contributed by atoms with E-state index in [0.717, 1.165) is 35.6 Å². The maximum absolute atomic E-state index is 2.90. The lowest BCUT2D eigenvalue weighted by Gasteiger charge is -2.56. The van der Waals surface area contributed by atoms with E-state index < -0.39 is 0 Å². The Balaban J connectivity index is 0.677. The molecule has 12 aromatic carbocycles. The summed E-state index contributed by atoms with van der Waals surface area (Å²) in [5, 5.41) is 0. The molecule has 0 aromatic heterocycles. The summed E-state index contributed by atoms with van der Waals surface area (Å²) in [5.41, 5.74) is 38.8. The molecule has 0 amide bonds. The fraction of sp³-hybridized carbons (Fsp3) is 0.321. The van der Waals surface area contributed by atoms with Crippen molar-refractivity contribution in [2.75, 3.05) is 29.4 Å². The van der Waals surface area contributed by atoms with Crippen molar-refractivity contribution in [3.05, 3.63) is 299 Å². The number of benzene rings is 12. The van der Waals surface area contributed by atoms with Crippen molar-refractivity contribution in [3.63, 3.8) is 0 Å². The summed E-state index contributed by atoms with van der Waals surface area (Å²) in [5.74, 6) is 0.392. The molecule has 6 aliphatic heterocycles. The van der Waals surface area contributed by atoms with Crippen LogP contribution in [0.2, 0.25) is 0 Å². The first-order chi connectivity index (χ1) is 54.5. The average molecular weight is 1490 g/mol. The minimum Gasteiger partial charge on any atom is -0.335 e. The van der Waals surface area contributed by atoms with Gasteiger partial charge in [-0.1, -0.05) is 255 Å². The molecule has 6 heterocycles. The van der Waals surface area contributed by atoms with E-state index in [1.807, 2.05) is 0 Å². The van der Waals surface area contributed by atoms with Gasteiger partial charge in [-0.25, -0.2) is 0 Å². The average Bonchev–Trinajstić information content (AvgIpc) is 1.49. The Morgan fingerprint density at radius 3 is 1.28 bits per heavy atom. The van der Waals surface area contributed by atoms with E-state index in [4.69, 9.17) is 0 Å². The Labute approximate surface area is 680 Å². The van der Waals surface area contributed by atoms with Crippen LogP contribution in [-0.4, -0.2) is 24.5 Å². The molecule has 0 N–H and O–H groups in total. The second-order valence-corrected chi connectivity index (χ2v) is 39.8. The first-order valence-electron chi connectivity index (χ1n) is 42.7. The van der Waals surface area contributed by atoms with E-state index in [1.54, 1.807) is 0 Å². The third kappa shape index (κ3) is 10.4. The minimum absolute atomic E-state index is 0.00429. The van der Waals surface area contributed by atoms with Gasteiger partial charge in [0.15, 0.2) is 0 Å². The highest BCUT2D eigenvalue weighted by Crippen LogP contribution is 2.66. The number of anilines is 16. The van der Waals surface area contributed by atoms with Crippen LogP contribution in [0.4, 0.5) is 91.0 Å². The number of para-hydroxylation sites is 4. The van der Waals surface area contributed by atoms with E-state index in [9.17, 15) is 0 Å². The van der Waals surface area contributed by atoms with Crippen molar-refractivity contribution in [1.29, 1.82) is 0 Å². The van der Waals surface area contributed by atoms with Crippen LogP contribution < -0.4 is 62.2 Å². The Hall–Kier alpha value is -10.4. The Kier molecular flexibility index (Phi) is 16.1. The Morgan fingerprint density at radius 1 is 0.360 bits per heavy atom. The summed E-state index contributed by atoms with van der Waals surface area (Å²) in [7, 11) is 0. The first-order valence-corrected chi connectivity index (χ1v) is 42.7. The molecule has 2 fully saturated rings. The SMILES string of the molecule is Cc1cc(C(C)(C)C)ccc1N(c1ccc2c(c1)N(c1ccccc1)c1cccc3c1B2c1cccc2c1N3C1(C)CCCC(CC(C)(C)c3ccc(N(c4ccc(C(C)(C)C)cc4)c4ccc5c(c4)N(c4ccccc4)c4cccc6c4B5c4cccc5c4N6C4(C)CCCCC54C)cc3)C21C)c1ccc(C(C)(C)C)cc1C. The van der Waals surface area contributed by atoms with E-state index in [-0.39, 0.29) is 57.0 Å². The number of rotatable bonds is 11. The maximum Gasteiger partial charge on any atom is 0.252 e. The molecule has 2 saturated carbocycles. The normalized spacial score (nSPS) is 21.3. The Morgan fingerprint density at radius 2 is 0.781 bits per heavy atom. The van der Waals surface area contributed by atoms with Gasteiger partial charge < -0.3 is 29.4 Å². The molecule has 2 aliphatic carbocycles. The molecular weight excluding hydrogens is 1380 g/mol. The molecule has 20 rings (SSSR count). The van der Waals surface area contributed by atoms with Crippen LogP contribution >= 0.6 is 0 Å². The minimum atomic E-state index is -0.205. The maximum atomic E-state index is 2.90. The first kappa shape index (κ1) is 72.5. The standard InChI is InChI=1S/C106H110B2N6/c1-68-63-72(100(6,7)8)48-58-87(68)112(88-59-49-73(64-69(88)2)101(9,10)11)80-55-57-84-94(66-80)111(76-34-22-19-23-35-76)90-41-29-43-92-96(90)108(84)86-39-27-37-82-98(86)114(92)105(16)62-30-31-74(106(82,105)17)67-102(12,13)71-46-52-78(53-47-71)109(77-50-44-70(45-51-77)99(3,4)5)79-54-56-83-93(65-79)110(75-32-20-18-21-33-75)89-40-28-42-91-95(89)107(83)85-38-26-36-81-97(85)113(91)104(15)61-25-24-60-103(81,104)14/h18-23,26-29,32-59,63-66,74H,24-25,30-31,60-62,67H2,1-17H3. The highest BCUT2D eigenvalue weighted by Gasteiger charge is 2.65. The highest BCUT2D eigenvalue weighted by molar-refractivity contribution is 7.01. The Bertz CT molecular complexity index is 5840. The zero-order chi connectivity index (χ0) is 78.9. The van der Waals surface area contributed by atoms with Crippen molar-refractivity contribution >= 4 is 137 Å². The van der Waals surface area contributed by atoms with Gasteiger partial charge in [-0.05, 0) is 274 Å². The molecule has 114 heavy (non-hydrogen) atoms. The van der Waals surface area contributed by atoms with Gasteiger partial charge in [-0.2, -0.15) is 0 Å². The number of nitrogens with zero attached hydrogens (tertiary/aromatic N) is 6. The molecule has 8 aliphatic rings. The molecule has 570 valence electrons. The fourth-order valence-electron chi connectivity index (χ4n) is 23.4. The fourth-order valence-corrected chi connectivity index (χ4v) is 23.4. The molecule has 6 nitrogen and oxygen atoms in total. The smallest absolute Gasteiger partial charge is 0.252 e. The van der Waals surface area contributed by atoms with Crippen molar-refractivity contribution in [1.82, 2.24) is 0 Å². The van der Waals surface area contributed by atoms with Gasteiger partial charge >= 0.3 is 0 Å². The molecular formula is C106H110B2N6. The second-order valence-electron chi connectivity index (χ2n) is 39.8. The topological polar surface area (TPSA) is 19.4 Å².